The fourth-order valence-electron chi connectivity index (χ4n) is 5.16. The largest absolute Gasteiger partial charge is 0.426 e. The Morgan fingerprint density at radius 1 is 1.08 bits per heavy atom. The van der Waals surface area contributed by atoms with Gasteiger partial charge in [-0.3, -0.25) is 9.78 Å². The molecule has 3 aromatic heterocycles. The summed E-state index contributed by atoms with van der Waals surface area (Å²) in [7, 11) is 0. The van der Waals surface area contributed by atoms with Crippen molar-refractivity contribution >= 4 is 38.8 Å². The van der Waals surface area contributed by atoms with Crippen LogP contribution in [0.4, 0.5) is 5.69 Å². The van der Waals surface area contributed by atoms with E-state index >= 15 is 0 Å². The monoisotopic (exact) mass is 536 g/mol. The van der Waals surface area contributed by atoms with Gasteiger partial charge in [-0.05, 0) is 49.1 Å². The van der Waals surface area contributed by atoms with Crippen LogP contribution in [0.3, 0.4) is 0 Å². The molecule has 1 saturated heterocycles. The summed E-state index contributed by atoms with van der Waals surface area (Å²) in [5.74, 6) is 0.561. The lowest BCUT2D eigenvalue weighted by Gasteiger charge is -2.23. The number of nitrogens with one attached hydrogen (secondary N) is 1. The number of para-hydroxylation sites is 1. The summed E-state index contributed by atoms with van der Waals surface area (Å²) in [5, 5.41) is 8.51. The second kappa shape index (κ2) is 9.64. The predicted molar refractivity (Wildman–Crippen MR) is 152 cm³/mol. The lowest BCUT2D eigenvalue weighted by Crippen LogP contribution is -2.18. The van der Waals surface area contributed by atoms with Crippen molar-refractivity contribution < 1.29 is 9.47 Å². The topological polar surface area (TPSA) is 121 Å². The zero-order valence-corrected chi connectivity index (χ0v) is 21.6. The fraction of sp³-hybridized carbons (Fsp3) is 0.172. The number of nitrogen functional groups attached to an aromatic ring is 1. The minimum Gasteiger partial charge on any atom is -0.426 e. The van der Waals surface area contributed by atoms with Gasteiger partial charge in [-0.2, -0.15) is 10.1 Å². The van der Waals surface area contributed by atoms with E-state index < -0.39 is 0 Å². The quantitative estimate of drug-likeness (QED) is 0.254. The van der Waals surface area contributed by atoms with Crippen molar-refractivity contribution in [2.75, 3.05) is 12.3 Å². The molecule has 0 amide bonds. The Labute approximate surface area is 226 Å². The molecule has 0 bridgehead atoms. The summed E-state index contributed by atoms with van der Waals surface area (Å²) >= 11 is 1.46. The van der Waals surface area contributed by atoms with Gasteiger partial charge < -0.3 is 15.2 Å². The van der Waals surface area contributed by atoms with Crippen molar-refractivity contribution in [3.8, 4) is 33.5 Å². The van der Waals surface area contributed by atoms with E-state index in [-0.39, 0.29) is 23.2 Å². The van der Waals surface area contributed by atoms with E-state index in [2.05, 4.69) is 20.1 Å². The number of H-pyrrole nitrogens is 1. The van der Waals surface area contributed by atoms with Crippen molar-refractivity contribution in [1.29, 1.82) is 0 Å². The lowest BCUT2D eigenvalue weighted by atomic mass is 9.95. The maximum Gasteiger partial charge on any atom is 0.302 e. The van der Waals surface area contributed by atoms with Crippen LogP contribution in [0, 0.1) is 0 Å². The van der Waals surface area contributed by atoms with Crippen LogP contribution in [0.5, 0.6) is 11.8 Å². The highest BCUT2D eigenvalue weighted by molar-refractivity contribution is 7.13. The Morgan fingerprint density at radius 3 is 2.77 bits per heavy atom. The Kier molecular flexibility index (Phi) is 5.83. The number of fused-ring (bicyclic) bond motifs is 2. The summed E-state index contributed by atoms with van der Waals surface area (Å²) in [6, 6.07) is 17.2. The Hall–Kier alpha value is -4.54. The summed E-state index contributed by atoms with van der Waals surface area (Å²) < 4.78 is 13.8. The van der Waals surface area contributed by atoms with Crippen LogP contribution in [0.1, 0.15) is 25.5 Å². The molecule has 10 heteroatoms. The van der Waals surface area contributed by atoms with Gasteiger partial charge in [0, 0.05) is 34.7 Å². The standard InChI is InChI=1S/C29H24N6O3S/c30-25-19(18-9-6-10-22-21(18)16-32-35(22)23-11-4-5-13-37-23)15-20(28-31-12-14-39-28)26-24(25)27(36)34-29(33-26)38-17-7-2-1-3-8-17/h1-3,6-10,12,14-16,23H,4-5,11,13,30H2,(H,33,34,36). The van der Waals surface area contributed by atoms with Crippen LogP contribution in [0.25, 0.3) is 43.5 Å². The molecule has 3 N–H and O–H groups in total. The molecular formula is C29H24N6O3S. The number of rotatable bonds is 5. The van der Waals surface area contributed by atoms with Crippen LogP contribution < -0.4 is 16.0 Å². The van der Waals surface area contributed by atoms with E-state index in [1.807, 2.05) is 58.7 Å². The van der Waals surface area contributed by atoms with Crippen LogP contribution in [-0.4, -0.2) is 31.3 Å². The predicted octanol–water partition coefficient (Wildman–Crippen LogP) is 6.14. The molecule has 39 heavy (non-hydrogen) atoms. The number of anilines is 1. The van der Waals surface area contributed by atoms with Gasteiger partial charge >= 0.3 is 6.01 Å². The van der Waals surface area contributed by atoms with E-state index in [0.29, 0.717) is 28.1 Å². The first kappa shape index (κ1) is 23.6. The summed E-state index contributed by atoms with van der Waals surface area (Å²) in [5.41, 5.74) is 10.4. The maximum atomic E-state index is 13.5. The zero-order chi connectivity index (χ0) is 26.3. The van der Waals surface area contributed by atoms with Gasteiger partial charge in [-0.25, -0.2) is 9.67 Å². The van der Waals surface area contributed by atoms with Crippen molar-refractivity contribution in [3.63, 3.8) is 0 Å². The highest BCUT2D eigenvalue weighted by atomic mass is 32.1. The van der Waals surface area contributed by atoms with Crippen LogP contribution >= 0.6 is 11.3 Å². The van der Waals surface area contributed by atoms with E-state index in [9.17, 15) is 4.79 Å². The number of hydrogen-bond donors (Lipinski definition) is 2. The highest BCUT2D eigenvalue weighted by Crippen LogP contribution is 2.41. The van der Waals surface area contributed by atoms with Gasteiger partial charge in [0.25, 0.3) is 5.56 Å². The average molecular weight is 537 g/mol. The maximum absolute atomic E-state index is 13.5. The number of benzene rings is 3. The third-order valence-corrected chi connectivity index (χ3v) is 7.79. The zero-order valence-electron chi connectivity index (χ0n) is 20.8. The molecule has 194 valence electrons. The van der Waals surface area contributed by atoms with Crippen LogP contribution in [-0.2, 0) is 4.74 Å². The third-order valence-electron chi connectivity index (χ3n) is 6.98. The van der Waals surface area contributed by atoms with Gasteiger partial charge in [0.15, 0.2) is 6.23 Å². The van der Waals surface area contributed by atoms with Crippen molar-refractivity contribution in [2.45, 2.75) is 25.5 Å². The first-order valence-corrected chi connectivity index (χ1v) is 13.6. The fourth-order valence-corrected chi connectivity index (χ4v) is 5.82. The summed E-state index contributed by atoms with van der Waals surface area (Å²) in [4.78, 5) is 25.5. The van der Waals surface area contributed by atoms with Crippen LogP contribution in [0.15, 0.2) is 77.2 Å². The molecule has 0 aliphatic carbocycles. The summed E-state index contributed by atoms with van der Waals surface area (Å²) in [6.45, 7) is 0.728. The van der Waals surface area contributed by atoms with Crippen molar-refractivity contribution in [2.24, 2.45) is 0 Å². The molecule has 0 spiro atoms. The molecule has 1 aliphatic heterocycles. The van der Waals surface area contributed by atoms with Gasteiger partial charge in [0.2, 0.25) is 0 Å². The van der Waals surface area contributed by atoms with Gasteiger partial charge in [0.05, 0.1) is 28.3 Å². The molecule has 1 aliphatic rings. The van der Waals surface area contributed by atoms with Crippen molar-refractivity contribution in [3.05, 3.63) is 82.7 Å². The van der Waals surface area contributed by atoms with E-state index in [0.717, 1.165) is 47.3 Å². The SMILES string of the molecule is Nc1c(-c2cccc3c2cnn3C2CCCCO2)cc(-c2nccs2)c2nc(Oc3ccccc3)[nH]c(=O)c12. The molecular weight excluding hydrogens is 512 g/mol. The number of aromatic nitrogens is 5. The van der Waals surface area contributed by atoms with Crippen LogP contribution in [0.2, 0.25) is 0 Å². The number of nitrogens with zero attached hydrogens (tertiary/aromatic N) is 4. The molecule has 0 saturated carbocycles. The smallest absolute Gasteiger partial charge is 0.302 e. The Morgan fingerprint density at radius 2 is 1.97 bits per heavy atom. The molecule has 1 atom stereocenters. The van der Waals surface area contributed by atoms with E-state index in [1.54, 1.807) is 18.3 Å². The molecule has 3 aromatic carbocycles. The van der Waals surface area contributed by atoms with Gasteiger partial charge in [-0.1, -0.05) is 30.3 Å². The minimum absolute atomic E-state index is 0.0829. The minimum atomic E-state index is -0.387. The van der Waals surface area contributed by atoms with E-state index in [1.165, 1.54) is 11.3 Å². The Bertz CT molecular complexity index is 1860. The second-order valence-electron chi connectivity index (χ2n) is 9.38. The van der Waals surface area contributed by atoms with Gasteiger partial charge in [0.1, 0.15) is 10.8 Å². The molecule has 4 heterocycles. The second-order valence-corrected chi connectivity index (χ2v) is 10.3. The van der Waals surface area contributed by atoms with E-state index in [4.69, 9.17) is 15.2 Å². The number of ether oxygens (including phenoxy) is 2. The normalized spacial score (nSPS) is 15.6. The lowest BCUT2D eigenvalue weighted by molar-refractivity contribution is -0.0366. The molecule has 6 aromatic rings. The third kappa shape index (κ3) is 4.14. The van der Waals surface area contributed by atoms with Crippen molar-refractivity contribution in [1.82, 2.24) is 24.7 Å². The molecule has 1 fully saturated rings. The molecule has 7 rings (SSSR count). The summed E-state index contributed by atoms with van der Waals surface area (Å²) in [6.07, 6.45) is 6.56. The number of thiazole rings is 1. The highest BCUT2D eigenvalue weighted by Gasteiger charge is 2.23. The number of nitrogens with two attached hydrogens (primary N) is 1. The Balaban J connectivity index is 1.43. The molecule has 1 unspecified atom stereocenters. The molecule has 9 nitrogen and oxygen atoms in total. The first-order valence-electron chi connectivity index (χ1n) is 12.7. The number of aromatic amines is 1. The average Bonchev–Trinajstić information content (AvgIpc) is 3.65. The first-order chi connectivity index (χ1) is 19.2. The van der Waals surface area contributed by atoms with Gasteiger partial charge in [-0.15, -0.1) is 11.3 Å². The number of hydrogen-bond acceptors (Lipinski definition) is 8. The molecule has 0 radical (unpaired) electrons.